The van der Waals surface area contributed by atoms with E-state index < -0.39 is 16.1 Å². The molecule has 0 bridgehead atoms. The van der Waals surface area contributed by atoms with Crippen LogP contribution in [0.4, 0.5) is 0 Å². The van der Waals surface area contributed by atoms with Crippen LogP contribution >= 0.6 is 0 Å². The summed E-state index contributed by atoms with van der Waals surface area (Å²) in [5, 5.41) is 3.83. The summed E-state index contributed by atoms with van der Waals surface area (Å²) in [6, 6.07) is 3.45. The van der Waals surface area contributed by atoms with E-state index in [0.29, 0.717) is 5.76 Å². The van der Waals surface area contributed by atoms with E-state index in [0.717, 1.165) is 0 Å². The maximum atomic E-state index is 12.0. The van der Waals surface area contributed by atoms with Crippen molar-refractivity contribution in [2.24, 2.45) is 7.05 Å². The summed E-state index contributed by atoms with van der Waals surface area (Å²) >= 11 is 0. The highest BCUT2D eigenvalue weighted by Gasteiger charge is 2.20. The van der Waals surface area contributed by atoms with Crippen LogP contribution in [0, 0.1) is 0 Å². The monoisotopic (exact) mass is 285 g/mol. The van der Waals surface area contributed by atoms with Crippen molar-refractivity contribution in [2.75, 3.05) is 13.7 Å². The first-order chi connectivity index (χ1) is 9.03. The Kier molecular flexibility index (Phi) is 4.03. The van der Waals surface area contributed by atoms with E-state index in [1.165, 1.54) is 30.4 Å². The van der Waals surface area contributed by atoms with E-state index in [1.54, 1.807) is 19.2 Å². The van der Waals surface area contributed by atoms with Crippen molar-refractivity contribution in [3.8, 4) is 0 Å². The number of ether oxygens (including phenoxy) is 1. The Balaban J connectivity index is 2.05. The van der Waals surface area contributed by atoms with E-state index in [1.807, 2.05) is 0 Å². The molecule has 2 aromatic rings. The zero-order valence-electron chi connectivity index (χ0n) is 10.6. The average molecular weight is 285 g/mol. The van der Waals surface area contributed by atoms with Crippen LogP contribution in [-0.4, -0.2) is 31.9 Å². The van der Waals surface area contributed by atoms with Gasteiger partial charge in [-0.2, -0.15) is 5.10 Å². The highest BCUT2D eigenvalue weighted by Crippen LogP contribution is 2.17. The topological polar surface area (TPSA) is 86.4 Å². The molecule has 2 aromatic heterocycles. The van der Waals surface area contributed by atoms with Gasteiger partial charge >= 0.3 is 0 Å². The Hall–Kier alpha value is -1.64. The van der Waals surface area contributed by atoms with Gasteiger partial charge in [-0.15, -0.1) is 0 Å². The second-order valence-corrected chi connectivity index (χ2v) is 5.71. The minimum absolute atomic E-state index is 0.0846. The standard InChI is InChI=1S/C11H15N3O4S/c1-14-8-9(6-12-14)19(15,16)13-7-11(17-2)10-4-3-5-18-10/h3-6,8,11,13H,7H2,1-2H3/t11-/m0/s1. The fourth-order valence-corrected chi connectivity index (χ4v) is 2.60. The van der Waals surface area contributed by atoms with Crippen LogP contribution in [-0.2, 0) is 21.8 Å². The average Bonchev–Trinajstić information content (AvgIpc) is 3.01. The van der Waals surface area contributed by atoms with Gasteiger partial charge < -0.3 is 9.15 Å². The van der Waals surface area contributed by atoms with Crippen molar-refractivity contribution < 1.29 is 17.6 Å². The van der Waals surface area contributed by atoms with Gasteiger partial charge in [0.25, 0.3) is 0 Å². The normalized spacial score (nSPS) is 13.6. The molecule has 0 radical (unpaired) electrons. The fourth-order valence-electron chi connectivity index (χ4n) is 1.58. The number of aromatic nitrogens is 2. The molecule has 0 fully saturated rings. The van der Waals surface area contributed by atoms with E-state index >= 15 is 0 Å². The van der Waals surface area contributed by atoms with Gasteiger partial charge in [-0.1, -0.05) is 0 Å². The molecule has 0 aliphatic rings. The summed E-state index contributed by atoms with van der Waals surface area (Å²) < 4.78 is 38.2. The Morgan fingerprint density at radius 3 is 2.89 bits per heavy atom. The summed E-state index contributed by atoms with van der Waals surface area (Å²) in [5.74, 6) is 0.566. The van der Waals surface area contributed by atoms with Gasteiger partial charge in [0.1, 0.15) is 16.8 Å². The second-order valence-electron chi connectivity index (χ2n) is 3.94. The first kappa shape index (κ1) is 13.8. The largest absolute Gasteiger partial charge is 0.467 e. The van der Waals surface area contributed by atoms with Crippen LogP contribution in [0.3, 0.4) is 0 Å². The molecule has 0 saturated heterocycles. The van der Waals surface area contributed by atoms with Gasteiger partial charge in [0.2, 0.25) is 10.0 Å². The van der Waals surface area contributed by atoms with E-state index in [4.69, 9.17) is 9.15 Å². The third kappa shape index (κ3) is 3.22. The number of rotatable bonds is 6. The molecule has 2 heterocycles. The zero-order chi connectivity index (χ0) is 13.9. The predicted molar refractivity (Wildman–Crippen MR) is 66.9 cm³/mol. The van der Waals surface area contributed by atoms with Gasteiger partial charge in [-0.05, 0) is 12.1 Å². The van der Waals surface area contributed by atoms with E-state index in [-0.39, 0.29) is 11.4 Å². The lowest BCUT2D eigenvalue weighted by Crippen LogP contribution is -2.29. The van der Waals surface area contributed by atoms with Crippen molar-refractivity contribution in [1.29, 1.82) is 0 Å². The Morgan fingerprint density at radius 1 is 1.58 bits per heavy atom. The van der Waals surface area contributed by atoms with Gasteiger partial charge in [0.15, 0.2) is 0 Å². The van der Waals surface area contributed by atoms with Gasteiger partial charge in [-0.25, -0.2) is 13.1 Å². The zero-order valence-corrected chi connectivity index (χ0v) is 11.4. The molecule has 0 spiro atoms. The van der Waals surface area contributed by atoms with Crippen LogP contribution in [0.5, 0.6) is 0 Å². The molecule has 0 unspecified atom stereocenters. The summed E-state index contributed by atoms with van der Waals surface area (Å²) in [6.45, 7) is 0.0846. The molecule has 8 heteroatoms. The van der Waals surface area contributed by atoms with Crippen LogP contribution in [0.1, 0.15) is 11.9 Å². The molecular formula is C11H15N3O4S. The summed E-state index contributed by atoms with van der Waals surface area (Å²) in [7, 11) is -0.446. The molecule has 2 rings (SSSR count). The van der Waals surface area contributed by atoms with Crippen molar-refractivity contribution >= 4 is 10.0 Å². The third-order valence-electron chi connectivity index (χ3n) is 2.60. The Morgan fingerprint density at radius 2 is 2.37 bits per heavy atom. The Bertz CT molecular complexity index is 618. The summed E-state index contributed by atoms with van der Waals surface area (Å²) in [6.07, 6.45) is 3.76. The molecule has 104 valence electrons. The van der Waals surface area contributed by atoms with Crippen molar-refractivity contribution in [3.05, 3.63) is 36.5 Å². The first-order valence-corrected chi connectivity index (χ1v) is 7.06. The van der Waals surface area contributed by atoms with Crippen molar-refractivity contribution in [2.45, 2.75) is 11.0 Å². The van der Waals surface area contributed by atoms with E-state index in [9.17, 15) is 8.42 Å². The van der Waals surface area contributed by atoms with Crippen molar-refractivity contribution in [1.82, 2.24) is 14.5 Å². The predicted octanol–water partition coefficient (Wildman–Crippen LogP) is 0.679. The smallest absolute Gasteiger partial charge is 0.243 e. The van der Waals surface area contributed by atoms with Gasteiger partial charge in [0, 0.05) is 26.9 Å². The molecule has 0 aliphatic carbocycles. The molecular weight excluding hydrogens is 270 g/mol. The number of methoxy groups -OCH3 is 1. The molecule has 0 aliphatic heterocycles. The second kappa shape index (κ2) is 5.55. The number of aryl methyl sites for hydroxylation is 1. The third-order valence-corrected chi connectivity index (χ3v) is 3.97. The minimum atomic E-state index is -3.59. The number of hydrogen-bond acceptors (Lipinski definition) is 5. The highest BCUT2D eigenvalue weighted by molar-refractivity contribution is 7.89. The fraction of sp³-hybridized carbons (Fsp3) is 0.364. The molecule has 0 amide bonds. The van der Waals surface area contributed by atoms with Crippen molar-refractivity contribution in [3.63, 3.8) is 0 Å². The SMILES string of the molecule is CO[C@@H](CNS(=O)(=O)c1cnn(C)c1)c1ccco1. The van der Waals surface area contributed by atoms with Crippen LogP contribution < -0.4 is 4.72 Å². The van der Waals surface area contributed by atoms with Gasteiger partial charge in [-0.3, -0.25) is 4.68 Å². The minimum Gasteiger partial charge on any atom is -0.467 e. The van der Waals surface area contributed by atoms with Gasteiger partial charge in [0.05, 0.1) is 12.5 Å². The highest BCUT2D eigenvalue weighted by atomic mass is 32.2. The van der Waals surface area contributed by atoms with Crippen LogP contribution in [0.15, 0.2) is 40.1 Å². The summed E-state index contributed by atoms with van der Waals surface area (Å²) in [5.41, 5.74) is 0. The van der Waals surface area contributed by atoms with Crippen LogP contribution in [0.25, 0.3) is 0 Å². The lowest BCUT2D eigenvalue weighted by Gasteiger charge is -2.13. The number of furan rings is 1. The maximum Gasteiger partial charge on any atom is 0.243 e. The quantitative estimate of drug-likeness (QED) is 0.843. The summed E-state index contributed by atoms with van der Waals surface area (Å²) in [4.78, 5) is 0.115. The molecule has 0 saturated carbocycles. The number of hydrogen-bond donors (Lipinski definition) is 1. The van der Waals surface area contributed by atoms with E-state index in [2.05, 4.69) is 9.82 Å². The molecule has 7 nitrogen and oxygen atoms in total. The Labute approximate surface area is 111 Å². The lowest BCUT2D eigenvalue weighted by atomic mass is 10.3. The molecule has 19 heavy (non-hydrogen) atoms. The molecule has 1 N–H and O–H groups in total. The number of nitrogens with one attached hydrogen (secondary N) is 1. The first-order valence-electron chi connectivity index (χ1n) is 5.57. The maximum absolute atomic E-state index is 12.0. The van der Waals surface area contributed by atoms with Crippen LogP contribution in [0.2, 0.25) is 0 Å². The molecule has 1 atom stereocenters. The lowest BCUT2D eigenvalue weighted by molar-refractivity contribution is 0.0878. The number of nitrogens with zero attached hydrogens (tertiary/aromatic N) is 2. The number of sulfonamides is 1. The molecule has 0 aromatic carbocycles.